The zero-order valence-electron chi connectivity index (χ0n) is 15.7. The van der Waals surface area contributed by atoms with Crippen LogP contribution in [0.3, 0.4) is 0 Å². The Labute approximate surface area is 157 Å². The van der Waals surface area contributed by atoms with E-state index in [1.165, 1.54) is 45.0 Å². The molecule has 1 aromatic rings. The molecule has 1 atom stereocenters. The molecular formula is C19H25FN2O5. The number of halogens is 1. The van der Waals surface area contributed by atoms with Crippen molar-refractivity contribution < 1.29 is 28.2 Å². The lowest BCUT2D eigenvalue weighted by Gasteiger charge is -2.26. The summed E-state index contributed by atoms with van der Waals surface area (Å²) in [6.07, 6.45) is 2.71. The first-order valence-electron chi connectivity index (χ1n) is 8.94. The van der Waals surface area contributed by atoms with Crippen LogP contribution in [0.5, 0.6) is 5.75 Å². The van der Waals surface area contributed by atoms with Gasteiger partial charge in [0.1, 0.15) is 11.6 Å². The molecule has 1 fully saturated rings. The summed E-state index contributed by atoms with van der Waals surface area (Å²) >= 11 is 0. The van der Waals surface area contributed by atoms with Gasteiger partial charge in [0.2, 0.25) is 0 Å². The second kappa shape index (κ2) is 8.83. The van der Waals surface area contributed by atoms with Gasteiger partial charge in [0.25, 0.3) is 5.91 Å². The van der Waals surface area contributed by atoms with E-state index >= 15 is 0 Å². The lowest BCUT2D eigenvalue weighted by molar-refractivity contribution is -0.167. The second-order valence-corrected chi connectivity index (χ2v) is 7.06. The van der Waals surface area contributed by atoms with Crippen molar-refractivity contribution in [1.82, 2.24) is 10.6 Å². The van der Waals surface area contributed by atoms with Crippen LogP contribution in [0.1, 0.15) is 46.5 Å². The highest BCUT2D eigenvalue weighted by Crippen LogP contribution is 2.20. The summed E-state index contributed by atoms with van der Waals surface area (Å²) in [5.74, 6) is -1.66. The summed E-state index contributed by atoms with van der Waals surface area (Å²) in [6, 6.07) is 4.64. The van der Waals surface area contributed by atoms with E-state index in [1.54, 1.807) is 0 Å². The molecule has 2 rings (SSSR count). The number of amides is 3. The zero-order valence-corrected chi connectivity index (χ0v) is 15.7. The molecule has 3 amide bonds. The number of rotatable bonds is 6. The molecule has 8 heteroatoms. The van der Waals surface area contributed by atoms with Gasteiger partial charge in [-0.1, -0.05) is 12.8 Å². The first kappa shape index (κ1) is 20.7. The predicted molar refractivity (Wildman–Crippen MR) is 95.6 cm³/mol. The molecule has 27 heavy (non-hydrogen) atoms. The molecule has 1 aliphatic carbocycles. The van der Waals surface area contributed by atoms with Crippen LogP contribution in [-0.2, 0) is 14.3 Å². The molecule has 0 bridgehead atoms. The van der Waals surface area contributed by atoms with Crippen molar-refractivity contribution in [3.8, 4) is 5.75 Å². The number of urea groups is 1. The highest BCUT2D eigenvalue weighted by atomic mass is 19.1. The minimum Gasteiger partial charge on any atom is -0.476 e. The molecule has 0 unspecified atom stereocenters. The van der Waals surface area contributed by atoms with Gasteiger partial charge >= 0.3 is 12.0 Å². The average molecular weight is 380 g/mol. The average Bonchev–Trinajstić information content (AvgIpc) is 3.09. The summed E-state index contributed by atoms with van der Waals surface area (Å²) in [5.41, 5.74) is -1.40. The van der Waals surface area contributed by atoms with Gasteiger partial charge in [0.05, 0.1) is 0 Å². The van der Waals surface area contributed by atoms with Crippen LogP contribution in [-0.4, -0.2) is 35.7 Å². The highest BCUT2D eigenvalue weighted by Gasteiger charge is 2.34. The molecule has 1 aliphatic rings. The lowest BCUT2D eigenvalue weighted by atomic mass is 10.1. The number of nitrogens with one attached hydrogen (secondary N) is 2. The predicted octanol–water partition coefficient (Wildman–Crippen LogP) is 2.68. The van der Waals surface area contributed by atoms with Crippen molar-refractivity contribution in [2.45, 2.75) is 64.2 Å². The maximum atomic E-state index is 12.9. The third-order valence-corrected chi connectivity index (χ3v) is 4.26. The van der Waals surface area contributed by atoms with Crippen molar-refractivity contribution in [3.05, 3.63) is 30.1 Å². The van der Waals surface area contributed by atoms with Crippen LogP contribution in [0.2, 0.25) is 0 Å². The molecule has 0 heterocycles. The van der Waals surface area contributed by atoms with E-state index in [-0.39, 0.29) is 11.8 Å². The minimum atomic E-state index is -1.40. The summed E-state index contributed by atoms with van der Waals surface area (Å²) in [4.78, 5) is 36.2. The summed E-state index contributed by atoms with van der Waals surface area (Å²) in [5, 5.41) is 4.89. The fourth-order valence-corrected chi connectivity index (χ4v) is 2.70. The third kappa shape index (κ3) is 6.23. The smallest absolute Gasteiger partial charge is 0.350 e. The number of carbonyl (C=O) groups is 3. The summed E-state index contributed by atoms with van der Waals surface area (Å²) in [6.45, 7) is 4.30. The highest BCUT2D eigenvalue weighted by molar-refractivity contribution is 5.97. The van der Waals surface area contributed by atoms with Crippen LogP contribution in [0.15, 0.2) is 24.3 Å². The molecule has 1 saturated carbocycles. The number of hydrogen-bond acceptors (Lipinski definition) is 5. The van der Waals surface area contributed by atoms with Crippen molar-refractivity contribution in [2.75, 3.05) is 0 Å². The summed E-state index contributed by atoms with van der Waals surface area (Å²) < 4.78 is 23.6. The van der Waals surface area contributed by atoms with Gasteiger partial charge < -0.3 is 14.8 Å². The first-order chi connectivity index (χ1) is 12.7. The van der Waals surface area contributed by atoms with Gasteiger partial charge in [-0.25, -0.2) is 14.0 Å². The SMILES string of the molecule is C[C@@H](OC(=O)C(C)(C)Oc1ccc(F)cc1)C(=O)NC(=O)NC1CCCC1. The van der Waals surface area contributed by atoms with Gasteiger partial charge in [-0.15, -0.1) is 0 Å². The van der Waals surface area contributed by atoms with E-state index in [0.29, 0.717) is 0 Å². The largest absolute Gasteiger partial charge is 0.476 e. The van der Waals surface area contributed by atoms with E-state index in [2.05, 4.69) is 10.6 Å². The monoisotopic (exact) mass is 380 g/mol. The summed E-state index contributed by atoms with van der Waals surface area (Å²) in [7, 11) is 0. The van der Waals surface area contributed by atoms with Crippen molar-refractivity contribution in [2.24, 2.45) is 0 Å². The number of esters is 1. The first-order valence-corrected chi connectivity index (χ1v) is 8.94. The van der Waals surface area contributed by atoms with E-state index in [1.807, 2.05) is 0 Å². The molecule has 0 spiro atoms. The molecule has 1 aromatic carbocycles. The van der Waals surface area contributed by atoms with Crippen LogP contribution in [0, 0.1) is 5.82 Å². The minimum absolute atomic E-state index is 0.0682. The van der Waals surface area contributed by atoms with E-state index in [9.17, 15) is 18.8 Å². The Hall–Kier alpha value is -2.64. The Morgan fingerprint density at radius 3 is 2.33 bits per heavy atom. The van der Waals surface area contributed by atoms with E-state index in [4.69, 9.17) is 9.47 Å². The fourth-order valence-electron chi connectivity index (χ4n) is 2.70. The maximum absolute atomic E-state index is 12.9. The Morgan fingerprint density at radius 1 is 1.15 bits per heavy atom. The molecule has 2 N–H and O–H groups in total. The topological polar surface area (TPSA) is 93.7 Å². The van der Waals surface area contributed by atoms with E-state index < -0.39 is 35.4 Å². The van der Waals surface area contributed by atoms with E-state index in [0.717, 1.165) is 25.7 Å². The van der Waals surface area contributed by atoms with Crippen molar-refractivity contribution in [1.29, 1.82) is 0 Å². The lowest BCUT2D eigenvalue weighted by Crippen LogP contribution is -2.49. The number of imide groups is 1. The quantitative estimate of drug-likeness (QED) is 0.740. The van der Waals surface area contributed by atoms with Crippen LogP contribution in [0.4, 0.5) is 9.18 Å². The standard InChI is InChI=1S/C19H25FN2O5/c1-12(16(23)22-18(25)21-14-6-4-5-7-14)26-17(24)19(2,3)27-15-10-8-13(20)9-11-15/h8-12,14H,4-7H2,1-3H3,(H2,21,22,23,25)/t12-/m1/s1. The van der Waals surface area contributed by atoms with Crippen molar-refractivity contribution in [3.63, 3.8) is 0 Å². The Morgan fingerprint density at radius 2 is 1.74 bits per heavy atom. The maximum Gasteiger partial charge on any atom is 0.350 e. The Bertz CT molecular complexity index is 684. The molecular weight excluding hydrogens is 355 g/mol. The van der Waals surface area contributed by atoms with Gasteiger partial charge in [0.15, 0.2) is 11.7 Å². The van der Waals surface area contributed by atoms with Crippen LogP contribution < -0.4 is 15.4 Å². The number of hydrogen-bond donors (Lipinski definition) is 2. The van der Waals surface area contributed by atoms with Gasteiger partial charge in [0, 0.05) is 6.04 Å². The van der Waals surface area contributed by atoms with Crippen LogP contribution >= 0.6 is 0 Å². The molecule has 0 saturated heterocycles. The number of benzene rings is 1. The zero-order chi connectivity index (χ0) is 20.0. The normalized spacial score (nSPS) is 15.7. The van der Waals surface area contributed by atoms with Crippen molar-refractivity contribution >= 4 is 17.9 Å². The molecule has 0 aliphatic heterocycles. The molecule has 0 aromatic heterocycles. The molecule has 0 radical (unpaired) electrons. The van der Waals surface area contributed by atoms with Crippen LogP contribution in [0.25, 0.3) is 0 Å². The Balaban J connectivity index is 1.83. The number of ether oxygens (including phenoxy) is 2. The third-order valence-electron chi connectivity index (χ3n) is 4.26. The fraction of sp³-hybridized carbons (Fsp3) is 0.526. The second-order valence-electron chi connectivity index (χ2n) is 7.06. The Kier molecular flexibility index (Phi) is 6.76. The van der Waals surface area contributed by atoms with Gasteiger partial charge in [-0.3, -0.25) is 10.1 Å². The molecule has 148 valence electrons. The van der Waals surface area contributed by atoms with Gasteiger partial charge in [-0.2, -0.15) is 0 Å². The molecule has 7 nitrogen and oxygen atoms in total. The van der Waals surface area contributed by atoms with Gasteiger partial charge in [-0.05, 0) is 57.9 Å². The number of carbonyl (C=O) groups excluding carboxylic acids is 3.